The molecule has 22 heavy (non-hydrogen) atoms. The molecule has 0 spiro atoms. The van der Waals surface area contributed by atoms with Crippen molar-refractivity contribution in [1.29, 1.82) is 0 Å². The number of carboxylic acid groups (broad SMARTS) is 1. The van der Waals surface area contributed by atoms with Crippen LogP contribution < -0.4 is 10.1 Å². The molecule has 0 saturated heterocycles. The number of rotatable bonds is 8. The first-order valence-electron chi connectivity index (χ1n) is 7.47. The number of ether oxygens (including phenoxy) is 1. The Morgan fingerprint density at radius 3 is 2.32 bits per heavy atom. The summed E-state index contributed by atoms with van der Waals surface area (Å²) in [6, 6.07) is 6.94. The summed E-state index contributed by atoms with van der Waals surface area (Å²) in [5.74, 6) is 0.0909. The highest BCUT2D eigenvalue weighted by Gasteiger charge is 2.22. The lowest BCUT2D eigenvalue weighted by Gasteiger charge is -2.25. The van der Waals surface area contributed by atoms with Gasteiger partial charge in [0, 0.05) is 17.5 Å². The van der Waals surface area contributed by atoms with Crippen molar-refractivity contribution in [2.24, 2.45) is 5.92 Å². The van der Waals surface area contributed by atoms with Crippen molar-refractivity contribution in [2.75, 3.05) is 6.61 Å². The Kier molecular flexibility index (Phi) is 6.40. The van der Waals surface area contributed by atoms with Crippen molar-refractivity contribution in [2.45, 2.75) is 46.1 Å². The summed E-state index contributed by atoms with van der Waals surface area (Å²) in [5.41, 5.74) is -0.0391. The van der Waals surface area contributed by atoms with Gasteiger partial charge in [-0.2, -0.15) is 0 Å². The highest BCUT2D eigenvalue weighted by atomic mass is 16.5. The summed E-state index contributed by atoms with van der Waals surface area (Å²) < 4.78 is 5.57. The number of hydrogen-bond acceptors (Lipinski definition) is 3. The van der Waals surface area contributed by atoms with Crippen molar-refractivity contribution >= 4 is 11.9 Å². The second-order valence-electron chi connectivity index (χ2n) is 6.46. The minimum absolute atomic E-state index is 0.0231. The Hall–Kier alpha value is -2.04. The number of hydrogen-bond donors (Lipinski definition) is 2. The Bertz CT molecular complexity index is 506. The number of carbonyl (C=O) groups excluding carboxylic acids is 1. The molecule has 1 rings (SSSR count). The molecular formula is C17H25NO4. The number of benzene rings is 1. The molecule has 0 aromatic heterocycles. The molecule has 0 radical (unpaired) electrons. The Balaban J connectivity index is 2.60. The average molecular weight is 307 g/mol. The van der Waals surface area contributed by atoms with Gasteiger partial charge in [-0.3, -0.25) is 9.59 Å². The van der Waals surface area contributed by atoms with Gasteiger partial charge in [-0.05, 0) is 50.5 Å². The number of carboxylic acids is 1. The molecule has 0 heterocycles. The van der Waals surface area contributed by atoms with Crippen molar-refractivity contribution in [3.05, 3.63) is 29.8 Å². The molecule has 0 atom stereocenters. The summed E-state index contributed by atoms with van der Waals surface area (Å²) in [7, 11) is 0. The van der Waals surface area contributed by atoms with E-state index < -0.39 is 11.5 Å². The average Bonchev–Trinajstić information content (AvgIpc) is 2.43. The highest BCUT2D eigenvalue weighted by Crippen LogP contribution is 2.16. The molecule has 0 aliphatic heterocycles. The Labute approximate surface area is 131 Å². The number of carbonyl (C=O) groups is 2. The standard InChI is InChI=1S/C17H25NO4/c1-12(2)11-22-14-7-5-13(6-8-14)16(21)18-17(3,4)10-9-15(19)20/h5-8,12H,9-11H2,1-4H3,(H,18,21)(H,19,20). The quantitative estimate of drug-likeness (QED) is 0.774. The SMILES string of the molecule is CC(C)COc1ccc(C(=O)NC(C)(C)CCC(=O)O)cc1. The molecule has 0 saturated carbocycles. The van der Waals surface area contributed by atoms with E-state index in [1.807, 2.05) is 13.8 Å². The van der Waals surface area contributed by atoms with Gasteiger partial charge in [-0.1, -0.05) is 13.8 Å². The topological polar surface area (TPSA) is 75.6 Å². The minimum Gasteiger partial charge on any atom is -0.493 e. The van der Waals surface area contributed by atoms with E-state index in [4.69, 9.17) is 9.84 Å². The van der Waals surface area contributed by atoms with Gasteiger partial charge in [0.15, 0.2) is 0 Å². The molecule has 1 amide bonds. The zero-order chi connectivity index (χ0) is 16.8. The Morgan fingerprint density at radius 2 is 1.82 bits per heavy atom. The first-order chi connectivity index (χ1) is 10.2. The lowest BCUT2D eigenvalue weighted by molar-refractivity contribution is -0.137. The van der Waals surface area contributed by atoms with E-state index in [9.17, 15) is 9.59 Å². The molecule has 122 valence electrons. The summed E-state index contributed by atoms with van der Waals surface area (Å²) in [5, 5.41) is 11.6. The van der Waals surface area contributed by atoms with Gasteiger partial charge in [0.1, 0.15) is 5.75 Å². The molecule has 2 N–H and O–H groups in total. The number of nitrogens with one attached hydrogen (secondary N) is 1. The first-order valence-corrected chi connectivity index (χ1v) is 7.47. The van der Waals surface area contributed by atoms with Crippen molar-refractivity contribution in [3.8, 4) is 5.75 Å². The van der Waals surface area contributed by atoms with E-state index in [1.165, 1.54) is 0 Å². The fourth-order valence-corrected chi connectivity index (χ4v) is 1.83. The van der Waals surface area contributed by atoms with Gasteiger partial charge < -0.3 is 15.2 Å². The third-order valence-electron chi connectivity index (χ3n) is 3.12. The predicted molar refractivity (Wildman–Crippen MR) is 85.2 cm³/mol. The van der Waals surface area contributed by atoms with Crippen LogP contribution in [0.1, 0.15) is 50.9 Å². The molecular weight excluding hydrogens is 282 g/mol. The molecule has 0 fully saturated rings. The van der Waals surface area contributed by atoms with Crippen LogP contribution in [0.5, 0.6) is 5.75 Å². The summed E-state index contributed by atoms with van der Waals surface area (Å²) >= 11 is 0. The molecule has 5 heteroatoms. The van der Waals surface area contributed by atoms with Crippen molar-refractivity contribution in [1.82, 2.24) is 5.32 Å². The van der Waals surface area contributed by atoms with Gasteiger partial charge in [-0.15, -0.1) is 0 Å². The zero-order valence-corrected chi connectivity index (χ0v) is 13.7. The third kappa shape index (κ3) is 6.61. The second kappa shape index (κ2) is 7.82. The fourth-order valence-electron chi connectivity index (χ4n) is 1.83. The third-order valence-corrected chi connectivity index (χ3v) is 3.12. The van der Waals surface area contributed by atoms with Crippen LogP contribution in [-0.2, 0) is 4.79 Å². The molecule has 0 aliphatic rings. The lowest BCUT2D eigenvalue weighted by atomic mass is 9.98. The van der Waals surface area contributed by atoms with E-state index in [2.05, 4.69) is 19.2 Å². The van der Waals surface area contributed by atoms with Gasteiger partial charge in [0.05, 0.1) is 6.61 Å². The van der Waals surface area contributed by atoms with E-state index >= 15 is 0 Å². The van der Waals surface area contributed by atoms with E-state index in [0.29, 0.717) is 24.5 Å². The van der Waals surface area contributed by atoms with Crippen LogP contribution in [0.25, 0.3) is 0 Å². The lowest BCUT2D eigenvalue weighted by Crippen LogP contribution is -2.43. The minimum atomic E-state index is -0.867. The smallest absolute Gasteiger partial charge is 0.303 e. The largest absolute Gasteiger partial charge is 0.493 e. The maximum absolute atomic E-state index is 12.2. The number of amides is 1. The molecule has 0 unspecified atom stereocenters. The normalized spacial score (nSPS) is 11.3. The molecule has 5 nitrogen and oxygen atoms in total. The van der Waals surface area contributed by atoms with Crippen LogP contribution in [0, 0.1) is 5.92 Å². The van der Waals surface area contributed by atoms with E-state index in [0.717, 1.165) is 5.75 Å². The highest BCUT2D eigenvalue weighted by molar-refractivity contribution is 5.94. The maximum Gasteiger partial charge on any atom is 0.303 e. The molecule has 1 aromatic rings. The predicted octanol–water partition coefficient (Wildman–Crippen LogP) is 3.09. The Morgan fingerprint density at radius 1 is 1.23 bits per heavy atom. The van der Waals surface area contributed by atoms with Gasteiger partial charge in [-0.25, -0.2) is 0 Å². The molecule has 0 bridgehead atoms. The van der Waals surface area contributed by atoms with Gasteiger partial charge >= 0.3 is 5.97 Å². The van der Waals surface area contributed by atoms with Crippen LogP contribution in [0.15, 0.2) is 24.3 Å². The van der Waals surface area contributed by atoms with Gasteiger partial charge in [0.2, 0.25) is 0 Å². The van der Waals surface area contributed by atoms with Crippen LogP contribution in [0.4, 0.5) is 0 Å². The van der Waals surface area contributed by atoms with Crippen LogP contribution >= 0.6 is 0 Å². The second-order valence-corrected chi connectivity index (χ2v) is 6.46. The van der Waals surface area contributed by atoms with Crippen molar-refractivity contribution in [3.63, 3.8) is 0 Å². The molecule has 1 aromatic carbocycles. The number of aliphatic carboxylic acids is 1. The maximum atomic E-state index is 12.2. The first kappa shape index (κ1) is 18.0. The summed E-state index contributed by atoms with van der Waals surface area (Å²) in [6.45, 7) is 8.40. The molecule has 0 aliphatic carbocycles. The van der Waals surface area contributed by atoms with Gasteiger partial charge in [0.25, 0.3) is 5.91 Å². The van der Waals surface area contributed by atoms with E-state index in [-0.39, 0.29) is 12.3 Å². The van der Waals surface area contributed by atoms with E-state index in [1.54, 1.807) is 24.3 Å². The fraction of sp³-hybridized carbons (Fsp3) is 0.529. The summed E-state index contributed by atoms with van der Waals surface area (Å²) in [4.78, 5) is 22.8. The van der Waals surface area contributed by atoms with Crippen LogP contribution in [0.3, 0.4) is 0 Å². The zero-order valence-electron chi connectivity index (χ0n) is 13.7. The van der Waals surface area contributed by atoms with Crippen LogP contribution in [-0.4, -0.2) is 29.1 Å². The summed E-state index contributed by atoms with van der Waals surface area (Å²) in [6.07, 6.45) is 0.402. The van der Waals surface area contributed by atoms with Crippen LogP contribution in [0.2, 0.25) is 0 Å². The monoisotopic (exact) mass is 307 g/mol. The van der Waals surface area contributed by atoms with Crippen molar-refractivity contribution < 1.29 is 19.4 Å².